The first-order valence-corrected chi connectivity index (χ1v) is 5.68. The van der Waals surface area contributed by atoms with Gasteiger partial charge in [-0.25, -0.2) is 9.98 Å². The molecule has 0 spiro atoms. The Morgan fingerprint density at radius 3 is 3.14 bits per heavy atom. The van der Waals surface area contributed by atoms with Crippen LogP contribution in [-0.2, 0) is 6.42 Å². The summed E-state index contributed by atoms with van der Waals surface area (Å²) in [6.45, 7) is 4.22. The average Bonchev–Trinajstić information content (AvgIpc) is 2.41. The smallest absolute Gasteiger partial charge is 0.171 e. The molecule has 1 atom stereocenters. The van der Waals surface area contributed by atoms with Crippen LogP contribution in [0, 0.1) is 0 Å². The molecular formula is C10H13N3S. The minimum atomic E-state index is 0.218. The third kappa shape index (κ3) is 1.90. The summed E-state index contributed by atoms with van der Waals surface area (Å²) >= 11 is 1.74. The summed E-state index contributed by atoms with van der Waals surface area (Å²) < 4.78 is 1.17. The van der Waals surface area contributed by atoms with Gasteiger partial charge in [-0.15, -0.1) is 11.3 Å². The molecule has 0 saturated carbocycles. The maximum atomic E-state index is 4.46. The van der Waals surface area contributed by atoms with Gasteiger partial charge in [-0.3, -0.25) is 4.99 Å². The van der Waals surface area contributed by atoms with E-state index in [1.807, 2.05) is 0 Å². The Bertz CT molecular complexity index is 458. The molecule has 74 valence electrons. The Kier molecular flexibility index (Phi) is 2.72. The molecule has 0 fully saturated rings. The molecule has 4 heteroatoms. The first kappa shape index (κ1) is 9.52. The summed E-state index contributed by atoms with van der Waals surface area (Å²) in [4.78, 5) is 12.9. The summed E-state index contributed by atoms with van der Waals surface area (Å²) in [5.74, 6) is 0. The third-order valence-electron chi connectivity index (χ3n) is 2.02. The Morgan fingerprint density at radius 1 is 1.50 bits per heavy atom. The van der Waals surface area contributed by atoms with Crippen molar-refractivity contribution in [2.45, 2.75) is 32.7 Å². The average molecular weight is 207 g/mol. The molecule has 3 nitrogen and oxygen atoms in total. The van der Waals surface area contributed by atoms with E-state index in [-0.39, 0.29) is 6.04 Å². The highest BCUT2D eigenvalue weighted by atomic mass is 32.1. The highest BCUT2D eigenvalue weighted by Gasteiger charge is 2.03. The molecule has 2 heterocycles. The fourth-order valence-electron chi connectivity index (χ4n) is 1.35. The second-order valence-corrected chi connectivity index (χ2v) is 4.46. The normalized spacial score (nSPS) is 19.4. The minimum Gasteiger partial charge on any atom is -0.266 e. The number of aliphatic imine (C=N–C) groups is 1. The van der Waals surface area contributed by atoms with Crippen LogP contribution in [0.25, 0.3) is 6.08 Å². The zero-order valence-corrected chi connectivity index (χ0v) is 9.21. The molecule has 0 aromatic carbocycles. The molecule has 0 N–H and O–H groups in total. The van der Waals surface area contributed by atoms with E-state index in [0.29, 0.717) is 0 Å². The van der Waals surface area contributed by atoms with Crippen molar-refractivity contribution in [3.8, 4) is 0 Å². The molecule has 14 heavy (non-hydrogen) atoms. The van der Waals surface area contributed by atoms with Gasteiger partial charge in [0, 0.05) is 0 Å². The molecule has 1 aliphatic heterocycles. The zero-order chi connectivity index (χ0) is 9.97. The van der Waals surface area contributed by atoms with Crippen LogP contribution in [0.2, 0.25) is 0 Å². The van der Waals surface area contributed by atoms with Crippen molar-refractivity contribution in [1.82, 2.24) is 4.98 Å². The van der Waals surface area contributed by atoms with Crippen LogP contribution < -0.4 is 10.0 Å². The molecular weight excluding hydrogens is 194 g/mol. The standard InChI is InChI=1S/C10H13N3S/c1-3-4-9-13-10-8(14-9)5-7(2)11-6-12-10/h5-7H,3-4H2,1-2H3. The van der Waals surface area contributed by atoms with Gasteiger partial charge in [0.05, 0.1) is 15.6 Å². The van der Waals surface area contributed by atoms with Crippen LogP contribution in [0.1, 0.15) is 25.3 Å². The monoisotopic (exact) mass is 207 g/mol. The van der Waals surface area contributed by atoms with Gasteiger partial charge in [0.15, 0.2) is 5.49 Å². The van der Waals surface area contributed by atoms with E-state index < -0.39 is 0 Å². The van der Waals surface area contributed by atoms with Crippen LogP contribution in [-0.4, -0.2) is 17.4 Å². The highest BCUT2D eigenvalue weighted by molar-refractivity contribution is 7.09. The lowest BCUT2D eigenvalue weighted by atomic mass is 10.3. The molecule has 0 aliphatic carbocycles. The van der Waals surface area contributed by atoms with Crippen LogP contribution in [0.15, 0.2) is 9.98 Å². The predicted octanol–water partition coefficient (Wildman–Crippen LogP) is 0.926. The third-order valence-corrected chi connectivity index (χ3v) is 3.09. The number of aryl methyl sites for hydroxylation is 1. The van der Waals surface area contributed by atoms with Gasteiger partial charge in [-0.05, 0) is 25.8 Å². The second kappa shape index (κ2) is 4.00. The maximum absolute atomic E-state index is 4.46. The number of hydrogen-bond acceptors (Lipinski definition) is 4. The van der Waals surface area contributed by atoms with E-state index >= 15 is 0 Å². The number of fused-ring (bicyclic) bond motifs is 1. The topological polar surface area (TPSA) is 37.6 Å². The summed E-state index contributed by atoms with van der Waals surface area (Å²) in [7, 11) is 0. The summed E-state index contributed by atoms with van der Waals surface area (Å²) in [6.07, 6.45) is 5.92. The fourth-order valence-corrected chi connectivity index (χ4v) is 2.49. The van der Waals surface area contributed by atoms with E-state index in [1.54, 1.807) is 17.7 Å². The van der Waals surface area contributed by atoms with Crippen molar-refractivity contribution in [2.75, 3.05) is 0 Å². The number of rotatable bonds is 2. The molecule has 0 amide bonds. The molecule has 1 unspecified atom stereocenters. The van der Waals surface area contributed by atoms with Crippen molar-refractivity contribution in [3.05, 3.63) is 15.0 Å². The number of aromatic nitrogens is 1. The Morgan fingerprint density at radius 2 is 2.36 bits per heavy atom. The lowest BCUT2D eigenvalue weighted by molar-refractivity contribution is 0.900. The molecule has 1 aliphatic rings. The maximum Gasteiger partial charge on any atom is 0.171 e. The second-order valence-electron chi connectivity index (χ2n) is 3.35. The van der Waals surface area contributed by atoms with E-state index in [0.717, 1.165) is 18.3 Å². The van der Waals surface area contributed by atoms with Crippen LogP contribution in [0.4, 0.5) is 0 Å². The van der Waals surface area contributed by atoms with Gasteiger partial charge < -0.3 is 0 Å². The number of hydrogen-bond donors (Lipinski definition) is 0. The Labute approximate surface area is 86.9 Å². The van der Waals surface area contributed by atoms with E-state index in [1.165, 1.54) is 9.54 Å². The molecule has 2 rings (SSSR count). The summed E-state index contributed by atoms with van der Waals surface area (Å²) in [5, 5.41) is 1.18. The van der Waals surface area contributed by atoms with Gasteiger partial charge in [-0.2, -0.15) is 0 Å². The van der Waals surface area contributed by atoms with E-state index in [4.69, 9.17) is 0 Å². The number of thiazole rings is 1. The Balaban J connectivity index is 2.50. The molecule has 0 saturated heterocycles. The highest BCUT2D eigenvalue weighted by Crippen LogP contribution is 2.01. The van der Waals surface area contributed by atoms with Crippen LogP contribution in [0.3, 0.4) is 0 Å². The summed E-state index contributed by atoms with van der Waals surface area (Å²) in [6, 6.07) is 0.218. The van der Waals surface area contributed by atoms with Gasteiger partial charge >= 0.3 is 0 Å². The molecule has 1 aromatic rings. The van der Waals surface area contributed by atoms with Crippen molar-refractivity contribution in [3.63, 3.8) is 0 Å². The first-order chi connectivity index (χ1) is 6.79. The predicted molar refractivity (Wildman–Crippen MR) is 59.3 cm³/mol. The van der Waals surface area contributed by atoms with Gasteiger partial charge in [0.2, 0.25) is 0 Å². The SMILES string of the molecule is CCCc1nc2c(s1)=CC(C)N=CN=2. The number of nitrogens with zero attached hydrogens (tertiary/aromatic N) is 3. The first-order valence-electron chi connectivity index (χ1n) is 4.86. The summed E-state index contributed by atoms with van der Waals surface area (Å²) in [5.41, 5.74) is 0.839. The zero-order valence-electron chi connectivity index (χ0n) is 8.40. The van der Waals surface area contributed by atoms with Crippen molar-refractivity contribution >= 4 is 23.8 Å². The molecule has 0 bridgehead atoms. The van der Waals surface area contributed by atoms with Gasteiger partial charge in [0.1, 0.15) is 6.34 Å². The lowest BCUT2D eigenvalue weighted by Gasteiger charge is -1.91. The van der Waals surface area contributed by atoms with Crippen LogP contribution in [0.5, 0.6) is 0 Å². The largest absolute Gasteiger partial charge is 0.266 e. The Hall–Kier alpha value is -1.03. The van der Waals surface area contributed by atoms with E-state index in [9.17, 15) is 0 Å². The van der Waals surface area contributed by atoms with E-state index in [2.05, 4.69) is 34.9 Å². The minimum absolute atomic E-state index is 0.218. The molecule has 0 radical (unpaired) electrons. The fraction of sp³-hybridized carbons (Fsp3) is 0.500. The quantitative estimate of drug-likeness (QED) is 0.710. The van der Waals surface area contributed by atoms with Crippen LogP contribution >= 0.6 is 11.3 Å². The van der Waals surface area contributed by atoms with Crippen molar-refractivity contribution in [2.24, 2.45) is 9.98 Å². The van der Waals surface area contributed by atoms with Crippen molar-refractivity contribution < 1.29 is 0 Å². The van der Waals surface area contributed by atoms with Crippen molar-refractivity contribution in [1.29, 1.82) is 0 Å². The lowest BCUT2D eigenvalue weighted by Crippen LogP contribution is -2.21. The molecule has 1 aromatic heterocycles. The van der Waals surface area contributed by atoms with Gasteiger partial charge in [0.25, 0.3) is 0 Å². The van der Waals surface area contributed by atoms with Gasteiger partial charge in [-0.1, -0.05) is 6.92 Å².